The summed E-state index contributed by atoms with van der Waals surface area (Å²) in [5.74, 6) is 1.56. The Labute approximate surface area is 111 Å². The van der Waals surface area contributed by atoms with E-state index in [0.29, 0.717) is 5.95 Å². The standard InChI is InChI=1S/C12H18N6O/c1-3-13-12-15-10-9(6-14-17-10)11(16-12)18-5-4-8(7-18)19-2/h6,8H,3-5,7H2,1-2H3,(H2,13,14,15,16,17). The van der Waals surface area contributed by atoms with Crippen molar-refractivity contribution in [1.29, 1.82) is 0 Å². The molecule has 0 radical (unpaired) electrons. The van der Waals surface area contributed by atoms with Gasteiger partial charge in [-0.1, -0.05) is 0 Å². The van der Waals surface area contributed by atoms with Crippen molar-refractivity contribution in [2.45, 2.75) is 19.4 Å². The Kier molecular flexibility index (Phi) is 3.20. The zero-order valence-electron chi connectivity index (χ0n) is 11.2. The van der Waals surface area contributed by atoms with Crippen LogP contribution in [0.15, 0.2) is 6.20 Å². The SMILES string of the molecule is CCNc1nc(N2CCC(OC)C2)c2cn[nH]c2n1. The number of nitrogens with zero attached hydrogens (tertiary/aromatic N) is 4. The lowest BCUT2D eigenvalue weighted by atomic mass is 10.3. The number of rotatable bonds is 4. The molecule has 7 heteroatoms. The van der Waals surface area contributed by atoms with Crippen molar-refractivity contribution in [3.63, 3.8) is 0 Å². The minimum absolute atomic E-state index is 0.277. The van der Waals surface area contributed by atoms with Gasteiger partial charge in [0.25, 0.3) is 0 Å². The van der Waals surface area contributed by atoms with E-state index in [2.05, 4.69) is 30.4 Å². The molecule has 3 heterocycles. The van der Waals surface area contributed by atoms with Crippen LogP contribution in [0.5, 0.6) is 0 Å². The van der Waals surface area contributed by atoms with Gasteiger partial charge in [0.1, 0.15) is 5.82 Å². The number of hydrogen-bond acceptors (Lipinski definition) is 6. The molecule has 0 bridgehead atoms. The van der Waals surface area contributed by atoms with E-state index in [1.54, 1.807) is 13.3 Å². The number of ether oxygens (including phenoxy) is 1. The fourth-order valence-electron chi connectivity index (χ4n) is 2.41. The quantitative estimate of drug-likeness (QED) is 0.856. The second-order valence-electron chi connectivity index (χ2n) is 4.63. The first-order valence-electron chi connectivity index (χ1n) is 6.54. The van der Waals surface area contributed by atoms with Crippen molar-refractivity contribution < 1.29 is 4.74 Å². The van der Waals surface area contributed by atoms with Gasteiger partial charge in [-0.2, -0.15) is 15.1 Å². The molecule has 1 unspecified atom stereocenters. The third-order valence-electron chi connectivity index (χ3n) is 3.40. The Balaban J connectivity index is 1.98. The van der Waals surface area contributed by atoms with E-state index in [-0.39, 0.29) is 6.10 Å². The first-order valence-corrected chi connectivity index (χ1v) is 6.54. The summed E-state index contributed by atoms with van der Waals surface area (Å²) < 4.78 is 5.41. The van der Waals surface area contributed by atoms with E-state index in [1.165, 1.54) is 0 Å². The lowest BCUT2D eigenvalue weighted by molar-refractivity contribution is 0.121. The van der Waals surface area contributed by atoms with Gasteiger partial charge in [0.15, 0.2) is 5.65 Å². The molecular formula is C12H18N6O. The molecule has 0 spiro atoms. The Morgan fingerprint density at radius 3 is 3.16 bits per heavy atom. The third-order valence-corrected chi connectivity index (χ3v) is 3.40. The normalized spacial score (nSPS) is 19.3. The molecule has 19 heavy (non-hydrogen) atoms. The number of hydrogen-bond donors (Lipinski definition) is 2. The van der Waals surface area contributed by atoms with Crippen molar-refractivity contribution in [2.75, 3.05) is 37.0 Å². The molecule has 1 aliphatic rings. The second-order valence-corrected chi connectivity index (χ2v) is 4.63. The molecule has 7 nitrogen and oxygen atoms in total. The first kappa shape index (κ1) is 12.2. The molecular weight excluding hydrogens is 244 g/mol. The van der Waals surface area contributed by atoms with E-state index in [4.69, 9.17) is 4.74 Å². The van der Waals surface area contributed by atoms with Crippen molar-refractivity contribution in [1.82, 2.24) is 20.2 Å². The van der Waals surface area contributed by atoms with Crippen LogP contribution in [0.4, 0.5) is 11.8 Å². The predicted molar refractivity (Wildman–Crippen MR) is 73.5 cm³/mol. The maximum absolute atomic E-state index is 5.41. The van der Waals surface area contributed by atoms with Gasteiger partial charge in [-0.3, -0.25) is 5.10 Å². The molecule has 3 rings (SSSR count). The molecule has 1 atom stereocenters. The first-order chi connectivity index (χ1) is 9.31. The van der Waals surface area contributed by atoms with Gasteiger partial charge < -0.3 is 15.0 Å². The van der Waals surface area contributed by atoms with E-state index >= 15 is 0 Å². The number of methoxy groups -OCH3 is 1. The monoisotopic (exact) mass is 262 g/mol. The van der Waals surface area contributed by atoms with Crippen LogP contribution in [0.25, 0.3) is 11.0 Å². The molecule has 0 saturated carbocycles. The van der Waals surface area contributed by atoms with Crippen LogP contribution in [-0.2, 0) is 4.74 Å². The van der Waals surface area contributed by atoms with Gasteiger partial charge in [0, 0.05) is 26.7 Å². The Hall–Kier alpha value is -1.89. The minimum atomic E-state index is 0.277. The third kappa shape index (κ3) is 2.21. The highest BCUT2D eigenvalue weighted by atomic mass is 16.5. The summed E-state index contributed by atoms with van der Waals surface area (Å²) in [7, 11) is 1.76. The molecule has 0 aromatic carbocycles. The summed E-state index contributed by atoms with van der Waals surface area (Å²) in [6.45, 7) is 4.62. The van der Waals surface area contributed by atoms with Crippen molar-refractivity contribution in [3.05, 3.63) is 6.20 Å². The number of aromatic nitrogens is 4. The zero-order valence-corrected chi connectivity index (χ0v) is 11.2. The number of nitrogens with one attached hydrogen (secondary N) is 2. The van der Waals surface area contributed by atoms with Gasteiger partial charge >= 0.3 is 0 Å². The van der Waals surface area contributed by atoms with E-state index in [1.807, 2.05) is 6.92 Å². The number of aromatic amines is 1. The van der Waals surface area contributed by atoms with E-state index < -0.39 is 0 Å². The molecule has 1 fully saturated rings. The maximum atomic E-state index is 5.41. The van der Waals surface area contributed by atoms with E-state index in [9.17, 15) is 0 Å². The average molecular weight is 262 g/mol. The van der Waals surface area contributed by atoms with Gasteiger partial charge in [-0.05, 0) is 13.3 Å². The lowest BCUT2D eigenvalue weighted by Gasteiger charge is -2.18. The lowest BCUT2D eigenvalue weighted by Crippen LogP contribution is -2.23. The molecule has 0 amide bonds. The fourth-order valence-corrected chi connectivity index (χ4v) is 2.41. The van der Waals surface area contributed by atoms with Crippen LogP contribution >= 0.6 is 0 Å². The molecule has 2 aromatic heterocycles. The summed E-state index contributed by atoms with van der Waals surface area (Å²) in [5, 5.41) is 11.1. The van der Waals surface area contributed by atoms with E-state index in [0.717, 1.165) is 42.9 Å². The molecule has 0 aliphatic carbocycles. The molecule has 2 aromatic rings. The zero-order chi connectivity index (χ0) is 13.2. The highest BCUT2D eigenvalue weighted by Crippen LogP contribution is 2.27. The predicted octanol–water partition coefficient (Wildman–Crippen LogP) is 1.01. The average Bonchev–Trinajstić information content (AvgIpc) is 3.06. The van der Waals surface area contributed by atoms with Crippen molar-refractivity contribution >= 4 is 22.8 Å². The van der Waals surface area contributed by atoms with Crippen LogP contribution in [0.3, 0.4) is 0 Å². The fraction of sp³-hybridized carbons (Fsp3) is 0.583. The van der Waals surface area contributed by atoms with Crippen LogP contribution in [-0.4, -0.2) is 53.0 Å². The van der Waals surface area contributed by atoms with Crippen molar-refractivity contribution in [3.8, 4) is 0 Å². The molecule has 1 aliphatic heterocycles. The highest BCUT2D eigenvalue weighted by molar-refractivity contribution is 5.87. The maximum Gasteiger partial charge on any atom is 0.226 e. The Morgan fingerprint density at radius 2 is 2.42 bits per heavy atom. The number of anilines is 2. The summed E-state index contributed by atoms with van der Waals surface area (Å²) in [6, 6.07) is 0. The number of fused-ring (bicyclic) bond motifs is 1. The Bertz CT molecular complexity index is 568. The minimum Gasteiger partial charge on any atom is -0.380 e. The summed E-state index contributed by atoms with van der Waals surface area (Å²) >= 11 is 0. The van der Waals surface area contributed by atoms with Crippen LogP contribution in [0, 0.1) is 0 Å². The largest absolute Gasteiger partial charge is 0.380 e. The van der Waals surface area contributed by atoms with Gasteiger partial charge in [-0.25, -0.2) is 0 Å². The molecule has 2 N–H and O–H groups in total. The second kappa shape index (κ2) is 5.00. The number of H-pyrrole nitrogens is 1. The van der Waals surface area contributed by atoms with Crippen LogP contribution in [0.1, 0.15) is 13.3 Å². The topological polar surface area (TPSA) is 79.0 Å². The summed E-state index contributed by atoms with van der Waals surface area (Å²) in [5.41, 5.74) is 0.766. The molecule has 1 saturated heterocycles. The van der Waals surface area contributed by atoms with Crippen molar-refractivity contribution in [2.24, 2.45) is 0 Å². The van der Waals surface area contributed by atoms with Gasteiger partial charge in [-0.15, -0.1) is 0 Å². The van der Waals surface area contributed by atoms with Gasteiger partial charge in [0.05, 0.1) is 17.7 Å². The Morgan fingerprint density at radius 1 is 1.53 bits per heavy atom. The molecule has 102 valence electrons. The van der Waals surface area contributed by atoms with Crippen LogP contribution < -0.4 is 10.2 Å². The smallest absolute Gasteiger partial charge is 0.226 e. The summed E-state index contributed by atoms with van der Waals surface area (Å²) in [6.07, 6.45) is 3.08. The van der Waals surface area contributed by atoms with Crippen LogP contribution in [0.2, 0.25) is 0 Å². The highest BCUT2D eigenvalue weighted by Gasteiger charge is 2.25. The summed E-state index contributed by atoms with van der Waals surface area (Å²) in [4.78, 5) is 11.2. The van der Waals surface area contributed by atoms with Gasteiger partial charge in [0.2, 0.25) is 5.95 Å².